The van der Waals surface area contributed by atoms with E-state index in [1.54, 1.807) is 0 Å². The van der Waals surface area contributed by atoms with Crippen LogP contribution in [0.1, 0.15) is 67.2 Å². The highest BCUT2D eigenvalue weighted by Gasteiger charge is 2.69. The van der Waals surface area contributed by atoms with Crippen LogP contribution in [-0.4, -0.2) is 12.1 Å². The van der Waals surface area contributed by atoms with Crippen LogP contribution in [0, 0.1) is 22.7 Å². The second kappa shape index (κ2) is 3.98. The van der Waals surface area contributed by atoms with Crippen molar-refractivity contribution in [3.05, 3.63) is 0 Å². The maximum atomic E-state index is 3.73. The highest BCUT2D eigenvalue weighted by atomic mass is 15.0. The minimum Gasteiger partial charge on any atom is -0.312 e. The van der Waals surface area contributed by atoms with E-state index in [2.05, 4.69) is 46.9 Å². The summed E-state index contributed by atoms with van der Waals surface area (Å²) in [5, 5.41) is 3.73. The van der Waals surface area contributed by atoms with E-state index in [0.29, 0.717) is 10.8 Å². The first-order chi connectivity index (χ1) is 7.69. The maximum absolute atomic E-state index is 3.73. The molecule has 0 amide bonds. The Morgan fingerprint density at radius 3 is 2.41 bits per heavy atom. The van der Waals surface area contributed by atoms with Crippen LogP contribution in [0.3, 0.4) is 0 Å². The van der Waals surface area contributed by atoms with Crippen molar-refractivity contribution in [3.63, 3.8) is 0 Å². The third-order valence-corrected chi connectivity index (χ3v) is 5.61. The van der Waals surface area contributed by atoms with Crippen molar-refractivity contribution in [1.82, 2.24) is 5.32 Å². The van der Waals surface area contributed by atoms with Gasteiger partial charge in [0.1, 0.15) is 0 Å². The molecule has 100 valence electrons. The van der Waals surface area contributed by atoms with Gasteiger partial charge in [-0.3, -0.25) is 0 Å². The van der Waals surface area contributed by atoms with Crippen LogP contribution in [0.2, 0.25) is 0 Å². The largest absolute Gasteiger partial charge is 0.312 e. The Morgan fingerprint density at radius 1 is 1.24 bits per heavy atom. The summed E-state index contributed by atoms with van der Waals surface area (Å²) in [7, 11) is 0. The molecule has 2 aliphatic rings. The summed E-state index contributed by atoms with van der Waals surface area (Å²) in [5.41, 5.74) is 1.50. The van der Waals surface area contributed by atoms with E-state index in [-0.39, 0.29) is 5.54 Å². The third kappa shape index (κ3) is 2.28. The van der Waals surface area contributed by atoms with Crippen molar-refractivity contribution >= 4 is 0 Å². The van der Waals surface area contributed by atoms with Crippen LogP contribution in [0.15, 0.2) is 0 Å². The fourth-order valence-electron chi connectivity index (χ4n) is 4.41. The molecule has 0 bridgehead atoms. The molecule has 0 aromatic rings. The van der Waals surface area contributed by atoms with E-state index in [1.165, 1.54) is 32.2 Å². The number of hydrogen-bond donors (Lipinski definition) is 1. The molecule has 17 heavy (non-hydrogen) atoms. The molecule has 3 unspecified atom stereocenters. The second-order valence-electron chi connectivity index (χ2n) is 8.26. The first-order valence-corrected chi connectivity index (χ1v) is 7.44. The Morgan fingerprint density at radius 2 is 1.88 bits per heavy atom. The van der Waals surface area contributed by atoms with Crippen molar-refractivity contribution in [2.24, 2.45) is 22.7 Å². The highest BCUT2D eigenvalue weighted by Crippen LogP contribution is 2.74. The monoisotopic (exact) mass is 237 g/mol. The molecule has 1 spiro atoms. The lowest BCUT2D eigenvalue weighted by Gasteiger charge is -2.30. The Labute approximate surface area is 108 Å². The van der Waals surface area contributed by atoms with Gasteiger partial charge in [-0.2, -0.15) is 0 Å². The quantitative estimate of drug-likeness (QED) is 0.758. The summed E-state index contributed by atoms with van der Waals surface area (Å²) in [6.07, 6.45) is 5.85. The maximum Gasteiger partial charge on any atom is 0.00966 e. The summed E-state index contributed by atoms with van der Waals surface area (Å²) in [4.78, 5) is 0. The van der Waals surface area contributed by atoms with E-state index < -0.39 is 0 Å². The molecule has 2 fully saturated rings. The Bertz CT molecular complexity index is 286. The van der Waals surface area contributed by atoms with Gasteiger partial charge in [-0.25, -0.2) is 0 Å². The average molecular weight is 237 g/mol. The van der Waals surface area contributed by atoms with Crippen molar-refractivity contribution < 1.29 is 0 Å². The summed E-state index contributed by atoms with van der Waals surface area (Å²) < 4.78 is 0. The lowest BCUT2D eigenvalue weighted by Crippen LogP contribution is -2.38. The molecule has 1 nitrogen and oxygen atoms in total. The molecule has 0 saturated heterocycles. The van der Waals surface area contributed by atoms with Gasteiger partial charge in [-0.15, -0.1) is 0 Å². The van der Waals surface area contributed by atoms with Crippen LogP contribution >= 0.6 is 0 Å². The van der Waals surface area contributed by atoms with Crippen LogP contribution < -0.4 is 5.32 Å². The van der Waals surface area contributed by atoms with Crippen LogP contribution in [0.5, 0.6) is 0 Å². The lowest BCUT2D eigenvalue weighted by molar-refractivity contribution is 0.207. The van der Waals surface area contributed by atoms with E-state index in [4.69, 9.17) is 0 Å². The molecule has 0 aromatic carbocycles. The topological polar surface area (TPSA) is 12.0 Å². The summed E-state index contributed by atoms with van der Waals surface area (Å²) >= 11 is 0. The van der Waals surface area contributed by atoms with Gasteiger partial charge in [0.15, 0.2) is 0 Å². The van der Waals surface area contributed by atoms with Crippen molar-refractivity contribution in [2.45, 2.75) is 72.8 Å². The van der Waals surface area contributed by atoms with Gasteiger partial charge in [0, 0.05) is 5.54 Å². The van der Waals surface area contributed by atoms with Gasteiger partial charge >= 0.3 is 0 Å². The predicted octanol–water partition coefficient (Wildman–Crippen LogP) is 4.23. The van der Waals surface area contributed by atoms with Crippen LogP contribution in [0.4, 0.5) is 0 Å². The molecular weight excluding hydrogens is 206 g/mol. The zero-order valence-electron chi connectivity index (χ0n) is 12.7. The third-order valence-electron chi connectivity index (χ3n) is 5.61. The van der Waals surface area contributed by atoms with Gasteiger partial charge < -0.3 is 5.32 Å². The number of rotatable bonds is 2. The normalized spacial score (nSPS) is 40.6. The molecular formula is C16H31N. The Balaban J connectivity index is 2.00. The summed E-state index contributed by atoms with van der Waals surface area (Å²) in [6, 6.07) is 0. The van der Waals surface area contributed by atoms with E-state index in [0.717, 1.165) is 11.8 Å². The summed E-state index contributed by atoms with van der Waals surface area (Å²) in [6.45, 7) is 15.5. The SMILES string of the molecule is CC1CCCC2(C1)C(CNC(C)(C)C)C2(C)C. The van der Waals surface area contributed by atoms with Crippen molar-refractivity contribution in [2.75, 3.05) is 6.54 Å². The molecule has 0 aromatic heterocycles. The Kier molecular flexibility index (Phi) is 3.14. The molecule has 2 aliphatic carbocycles. The molecule has 0 aliphatic heterocycles. The van der Waals surface area contributed by atoms with Gasteiger partial charge in [0.25, 0.3) is 0 Å². The van der Waals surface area contributed by atoms with Crippen LogP contribution in [-0.2, 0) is 0 Å². The molecule has 1 N–H and O–H groups in total. The van der Waals surface area contributed by atoms with E-state index in [9.17, 15) is 0 Å². The zero-order valence-corrected chi connectivity index (χ0v) is 12.7. The smallest absolute Gasteiger partial charge is 0.00966 e. The molecule has 2 rings (SSSR count). The molecule has 1 heteroatoms. The van der Waals surface area contributed by atoms with E-state index in [1.807, 2.05) is 0 Å². The van der Waals surface area contributed by atoms with Crippen molar-refractivity contribution in [1.29, 1.82) is 0 Å². The second-order valence-corrected chi connectivity index (χ2v) is 8.26. The molecule has 0 heterocycles. The first-order valence-electron chi connectivity index (χ1n) is 7.44. The predicted molar refractivity (Wildman–Crippen MR) is 75.1 cm³/mol. The summed E-state index contributed by atoms with van der Waals surface area (Å²) in [5.74, 6) is 1.85. The molecule has 2 saturated carbocycles. The van der Waals surface area contributed by atoms with Gasteiger partial charge in [-0.05, 0) is 62.8 Å². The minimum atomic E-state index is 0.264. The van der Waals surface area contributed by atoms with Gasteiger partial charge in [-0.1, -0.05) is 33.6 Å². The lowest BCUT2D eigenvalue weighted by atomic mass is 9.75. The number of nitrogens with one attached hydrogen (secondary N) is 1. The molecule has 0 radical (unpaired) electrons. The Hall–Kier alpha value is -0.0400. The average Bonchev–Trinajstić information content (AvgIpc) is 2.57. The fourth-order valence-corrected chi connectivity index (χ4v) is 4.41. The van der Waals surface area contributed by atoms with Gasteiger partial charge in [0.05, 0.1) is 0 Å². The first kappa shape index (κ1) is 13.4. The fraction of sp³-hybridized carbons (Fsp3) is 1.00. The minimum absolute atomic E-state index is 0.264. The standard InChI is InChI=1S/C16H31N/c1-12-8-7-9-16(10-12)13(15(16,5)6)11-17-14(2,3)4/h12-13,17H,7-11H2,1-6H3. The number of hydrogen-bond acceptors (Lipinski definition) is 1. The highest BCUT2D eigenvalue weighted by molar-refractivity contribution is 5.18. The van der Waals surface area contributed by atoms with Crippen LogP contribution in [0.25, 0.3) is 0 Å². The zero-order chi connectivity index (χ0) is 12.9. The molecule has 3 atom stereocenters. The van der Waals surface area contributed by atoms with Crippen molar-refractivity contribution in [3.8, 4) is 0 Å². The van der Waals surface area contributed by atoms with Gasteiger partial charge in [0.2, 0.25) is 0 Å². The van der Waals surface area contributed by atoms with E-state index >= 15 is 0 Å².